The van der Waals surface area contributed by atoms with Crippen molar-refractivity contribution >= 4 is 31.9 Å². The Labute approximate surface area is 126 Å². The molecule has 0 radical (unpaired) electrons. The topological polar surface area (TPSA) is 21.3 Å². The Kier molecular flexibility index (Phi) is 5.24. The van der Waals surface area contributed by atoms with E-state index >= 15 is 0 Å². The van der Waals surface area contributed by atoms with Crippen molar-refractivity contribution in [3.63, 3.8) is 0 Å². The van der Waals surface area contributed by atoms with Gasteiger partial charge < -0.3 is 10.1 Å². The number of halogens is 2. The zero-order chi connectivity index (χ0) is 13.1. The van der Waals surface area contributed by atoms with Crippen LogP contribution in [0.15, 0.2) is 21.1 Å². The molecule has 0 aliphatic carbocycles. The molecule has 1 aromatic rings. The highest BCUT2D eigenvalue weighted by Gasteiger charge is 2.28. The lowest BCUT2D eigenvalue weighted by Crippen LogP contribution is -2.31. The van der Waals surface area contributed by atoms with Crippen LogP contribution in [0.4, 0.5) is 0 Å². The summed E-state index contributed by atoms with van der Waals surface area (Å²) in [6.07, 6.45) is 2.59. The third kappa shape index (κ3) is 3.16. The SMILES string of the molecule is CCNC(c1cc(Br)c(C)cc1Br)C1CCCO1. The lowest BCUT2D eigenvalue weighted by Gasteiger charge is -2.26. The number of rotatable bonds is 4. The molecule has 1 saturated heterocycles. The van der Waals surface area contributed by atoms with E-state index in [0.717, 1.165) is 34.9 Å². The molecule has 18 heavy (non-hydrogen) atoms. The van der Waals surface area contributed by atoms with Crippen molar-refractivity contribution in [2.24, 2.45) is 0 Å². The molecular weight excluding hydrogens is 358 g/mol. The zero-order valence-electron chi connectivity index (χ0n) is 10.8. The molecule has 0 spiro atoms. The summed E-state index contributed by atoms with van der Waals surface area (Å²) < 4.78 is 8.16. The first-order valence-corrected chi connectivity index (χ1v) is 8.02. The van der Waals surface area contributed by atoms with Crippen molar-refractivity contribution in [1.82, 2.24) is 5.32 Å². The van der Waals surface area contributed by atoms with Crippen LogP contribution in [-0.2, 0) is 4.74 Å². The summed E-state index contributed by atoms with van der Waals surface area (Å²) in [5.74, 6) is 0. The molecule has 2 rings (SSSR count). The van der Waals surface area contributed by atoms with E-state index in [1.807, 2.05) is 0 Å². The molecule has 0 bridgehead atoms. The van der Waals surface area contributed by atoms with Gasteiger partial charge in [0, 0.05) is 15.6 Å². The van der Waals surface area contributed by atoms with Crippen LogP contribution in [0, 0.1) is 6.92 Å². The number of benzene rings is 1. The average Bonchev–Trinajstić information content (AvgIpc) is 2.85. The fourth-order valence-electron chi connectivity index (χ4n) is 2.43. The smallest absolute Gasteiger partial charge is 0.0771 e. The maximum atomic E-state index is 5.85. The molecule has 1 fully saturated rings. The quantitative estimate of drug-likeness (QED) is 0.843. The largest absolute Gasteiger partial charge is 0.376 e. The van der Waals surface area contributed by atoms with Crippen LogP contribution in [0.25, 0.3) is 0 Å². The maximum Gasteiger partial charge on any atom is 0.0771 e. The highest BCUT2D eigenvalue weighted by Crippen LogP contribution is 2.34. The first kappa shape index (κ1) is 14.5. The van der Waals surface area contributed by atoms with Gasteiger partial charge in [-0.25, -0.2) is 0 Å². The van der Waals surface area contributed by atoms with Gasteiger partial charge in [0.15, 0.2) is 0 Å². The molecule has 1 aliphatic heterocycles. The van der Waals surface area contributed by atoms with E-state index in [4.69, 9.17) is 4.74 Å². The number of hydrogen-bond acceptors (Lipinski definition) is 2. The minimum absolute atomic E-state index is 0.267. The van der Waals surface area contributed by atoms with E-state index in [1.165, 1.54) is 11.1 Å². The highest BCUT2D eigenvalue weighted by molar-refractivity contribution is 9.11. The molecule has 2 atom stereocenters. The van der Waals surface area contributed by atoms with E-state index in [9.17, 15) is 0 Å². The number of likely N-dealkylation sites (N-methyl/N-ethyl adjacent to an activating group) is 1. The lowest BCUT2D eigenvalue weighted by atomic mass is 9.98. The van der Waals surface area contributed by atoms with Crippen molar-refractivity contribution in [2.45, 2.75) is 38.8 Å². The van der Waals surface area contributed by atoms with Crippen molar-refractivity contribution in [2.75, 3.05) is 13.2 Å². The summed E-state index contributed by atoms with van der Waals surface area (Å²) in [7, 11) is 0. The fraction of sp³-hybridized carbons (Fsp3) is 0.571. The number of hydrogen-bond donors (Lipinski definition) is 1. The molecule has 0 aromatic heterocycles. The number of nitrogens with one attached hydrogen (secondary N) is 1. The lowest BCUT2D eigenvalue weighted by molar-refractivity contribution is 0.0786. The van der Waals surface area contributed by atoms with Gasteiger partial charge in [-0.1, -0.05) is 38.8 Å². The first-order valence-electron chi connectivity index (χ1n) is 6.44. The summed E-state index contributed by atoms with van der Waals surface area (Å²) in [4.78, 5) is 0. The minimum atomic E-state index is 0.267. The van der Waals surface area contributed by atoms with Gasteiger partial charge in [0.1, 0.15) is 0 Å². The summed E-state index contributed by atoms with van der Waals surface area (Å²) >= 11 is 7.30. The summed E-state index contributed by atoms with van der Waals surface area (Å²) in [6.45, 7) is 6.08. The zero-order valence-corrected chi connectivity index (χ0v) is 14.0. The van der Waals surface area contributed by atoms with Crippen molar-refractivity contribution in [3.05, 3.63) is 32.2 Å². The van der Waals surface area contributed by atoms with Gasteiger partial charge in [-0.15, -0.1) is 0 Å². The molecule has 1 aromatic carbocycles. The molecule has 2 unspecified atom stereocenters. The molecular formula is C14H19Br2NO. The molecule has 4 heteroatoms. The van der Waals surface area contributed by atoms with Gasteiger partial charge in [-0.3, -0.25) is 0 Å². The Bertz CT molecular complexity index is 417. The average molecular weight is 377 g/mol. The van der Waals surface area contributed by atoms with Gasteiger partial charge in [-0.05, 0) is 49.6 Å². The number of ether oxygens (including phenoxy) is 1. The highest BCUT2D eigenvalue weighted by atomic mass is 79.9. The summed E-state index contributed by atoms with van der Waals surface area (Å²) in [5, 5.41) is 3.55. The first-order chi connectivity index (χ1) is 8.63. The van der Waals surface area contributed by atoms with Crippen LogP contribution in [0.2, 0.25) is 0 Å². The maximum absolute atomic E-state index is 5.85. The Balaban J connectivity index is 2.32. The van der Waals surface area contributed by atoms with Crippen LogP contribution in [-0.4, -0.2) is 19.3 Å². The molecule has 0 saturated carbocycles. The van der Waals surface area contributed by atoms with Gasteiger partial charge >= 0.3 is 0 Å². The normalized spacial score (nSPS) is 21.2. The predicted octanol–water partition coefficient (Wildman–Crippen LogP) is 4.35. The second kappa shape index (κ2) is 6.51. The third-order valence-electron chi connectivity index (χ3n) is 3.37. The van der Waals surface area contributed by atoms with Crippen LogP contribution < -0.4 is 5.32 Å². The Morgan fingerprint density at radius 1 is 1.39 bits per heavy atom. The van der Waals surface area contributed by atoms with Crippen molar-refractivity contribution < 1.29 is 4.74 Å². The molecule has 2 nitrogen and oxygen atoms in total. The summed E-state index contributed by atoms with van der Waals surface area (Å²) in [5.41, 5.74) is 2.52. The predicted molar refractivity (Wildman–Crippen MR) is 82.0 cm³/mol. The molecule has 100 valence electrons. The monoisotopic (exact) mass is 375 g/mol. The molecule has 1 heterocycles. The van der Waals surface area contributed by atoms with Gasteiger partial charge in [0.2, 0.25) is 0 Å². The Hall–Kier alpha value is 0.1000. The fourth-order valence-corrected chi connectivity index (χ4v) is 3.49. The van der Waals surface area contributed by atoms with Crippen LogP contribution in [0.3, 0.4) is 0 Å². The second-order valence-electron chi connectivity index (χ2n) is 4.71. The summed E-state index contributed by atoms with van der Waals surface area (Å²) in [6, 6.07) is 4.64. The van der Waals surface area contributed by atoms with E-state index in [2.05, 4.69) is 63.2 Å². The Morgan fingerprint density at radius 2 is 2.17 bits per heavy atom. The van der Waals surface area contributed by atoms with E-state index in [0.29, 0.717) is 0 Å². The van der Waals surface area contributed by atoms with Crippen LogP contribution in [0.5, 0.6) is 0 Å². The molecule has 1 N–H and O–H groups in total. The van der Waals surface area contributed by atoms with Crippen LogP contribution in [0.1, 0.15) is 36.9 Å². The van der Waals surface area contributed by atoms with Gasteiger partial charge in [-0.2, -0.15) is 0 Å². The Morgan fingerprint density at radius 3 is 2.78 bits per heavy atom. The number of aryl methyl sites for hydroxylation is 1. The van der Waals surface area contributed by atoms with Crippen molar-refractivity contribution in [3.8, 4) is 0 Å². The third-order valence-corrected chi connectivity index (χ3v) is 4.91. The van der Waals surface area contributed by atoms with E-state index < -0.39 is 0 Å². The van der Waals surface area contributed by atoms with E-state index in [-0.39, 0.29) is 12.1 Å². The standard InChI is InChI=1S/C14H19Br2NO/c1-3-17-14(13-5-4-6-18-13)10-8-11(15)9(2)7-12(10)16/h7-8,13-14,17H,3-6H2,1-2H3. The van der Waals surface area contributed by atoms with Gasteiger partial charge in [0.25, 0.3) is 0 Å². The van der Waals surface area contributed by atoms with Crippen LogP contribution >= 0.6 is 31.9 Å². The molecule has 1 aliphatic rings. The van der Waals surface area contributed by atoms with E-state index in [1.54, 1.807) is 0 Å². The van der Waals surface area contributed by atoms with Crippen molar-refractivity contribution in [1.29, 1.82) is 0 Å². The molecule has 0 amide bonds. The second-order valence-corrected chi connectivity index (χ2v) is 6.42. The minimum Gasteiger partial charge on any atom is -0.376 e. The van der Waals surface area contributed by atoms with Gasteiger partial charge in [0.05, 0.1) is 12.1 Å².